The minimum Gasteiger partial charge on any atom is -0.265 e. The molecule has 5 rings (SSSR count). The Balaban J connectivity index is 1.70. The Hall–Kier alpha value is -4.35. The SMILES string of the molecule is N#Cc1ccc(Cn2nc3c(-c4ccncc4)c(-c4ccc(Cl)cc4)cnn3c2=O)cn1. The fourth-order valence-corrected chi connectivity index (χ4v) is 3.60. The summed E-state index contributed by atoms with van der Waals surface area (Å²) < 4.78 is 2.62. The van der Waals surface area contributed by atoms with Crippen molar-refractivity contribution in [3.63, 3.8) is 0 Å². The van der Waals surface area contributed by atoms with Crippen LogP contribution in [-0.2, 0) is 6.54 Å². The van der Waals surface area contributed by atoms with Crippen molar-refractivity contribution in [3.05, 3.63) is 100 Å². The number of rotatable bonds is 4. The summed E-state index contributed by atoms with van der Waals surface area (Å²) in [4.78, 5) is 21.2. The lowest BCUT2D eigenvalue weighted by atomic mass is 9.98. The van der Waals surface area contributed by atoms with E-state index < -0.39 is 0 Å². The minimum atomic E-state index is -0.373. The summed E-state index contributed by atoms with van der Waals surface area (Å²) >= 11 is 6.06. The zero-order valence-electron chi connectivity index (χ0n) is 16.6. The predicted molar refractivity (Wildman–Crippen MR) is 119 cm³/mol. The van der Waals surface area contributed by atoms with Crippen molar-refractivity contribution in [3.8, 4) is 28.3 Å². The van der Waals surface area contributed by atoms with Gasteiger partial charge in [-0.25, -0.2) is 14.5 Å². The molecule has 0 fully saturated rings. The molecule has 0 bridgehead atoms. The molecule has 0 amide bonds. The van der Waals surface area contributed by atoms with Crippen molar-refractivity contribution in [1.82, 2.24) is 29.4 Å². The first-order valence-corrected chi connectivity index (χ1v) is 10.0. The lowest BCUT2D eigenvalue weighted by Gasteiger charge is -2.10. The first kappa shape index (κ1) is 19.6. The van der Waals surface area contributed by atoms with Crippen LogP contribution in [0, 0.1) is 11.3 Å². The molecule has 0 aliphatic carbocycles. The number of pyridine rings is 2. The van der Waals surface area contributed by atoms with Gasteiger partial charge in [-0.05, 0) is 47.0 Å². The van der Waals surface area contributed by atoms with Crippen molar-refractivity contribution in [2.75, 3.05) is 0 Å². The summed E-state index contributed by atoms with van der Waals surface area (Å²) in [5.41, 5.74) is 4.45. The number of fused-ring (bicyclic) bond motifs is 1. The largest absolute Gasteiger partial charge is 0.367 e. The molecule has 154 valence electrons. The molecule has 0 radical (unpaired) electrons. The topological polar surface area (TPSA) is 102 Å². The van der Waals surface area contributed by atoms with E-state index in [4.69, 9.17) is 16.9 Å². The van der Waals surface area contributed by atoms with Gasteiger partial charge in [0.15, 0.2) is 5.65 Å². The number of benzene rings is 1. The van der Waals surface area contributed by atoms with Gasteiger partial charge in [0.2, 0.25) is 0 Å². The van der Waals surface area contributed by atoms with Crippen molar-refractivity contribution < 1.29 is 0 Å². The molecule has 0 aliphatic rings. The monoisotopic (exact) mass is 439 g/mol. The number of nitrogens with zero attached hydrogens (tertiary/aromatic N) is 7. The Kier molecular flexibility index (Phi) is 4.94. The smallest absolute Gasteiger partial charge is 0.265 e. The Bertz CT molecular complexity index is 1520. The second-order valence-electron chi connectivity index (χ2n) is 7.02. The third-order valence-electron chi connectivity index (χ3n) is 5.01. The summed E-state index contributed by atoms with van der Waals surface area (Å²) in [6.45, 7) is 0.201. The highest BCUT2D eigenvalue weighted by molar-refractivity contribution is 6.30. The Morgan fingerprint density at radius 1 is 0.969 bits per heavy atom. The van der Waals surface area contributed by atoms with Gasteiger partial charge < -0.3 is 0 Å². The lowest BCUT2D eigenvalue weighted by molar-refractivity contribution is 0.648. The summed E-state index contributed by atoms with van der Waals surface area (Å²) in [6, 6.07) is 16.5. The molecule has 5 aromatic rings. The second kappa shape index (κ2) is 8.06. The number of hydrogen-bond donors (Lipinski definition) is 0. The number of aromatic nitrogens is 6. The van der Waals surface area contributed by atoms with Crippen LogP contribution < -0.4 is 5.69 Å². The zero-order valence-corrected chi connectivity index (χ0v) is 17.3. The molecule has 8 nitrogen and oxygen atoms in total. The first-order valence-electron chi connectivity index (χ1n) is 9.64. The molecular weight excluding hydrogens is 426 g/mol. The van der Waals surface area contributed by atoms with Gasteiger partial charge in [-0.2, -0.15) is 14.9 Å². The molecule has 0 aliphatic heterocycles. The molecule has 32 heavy (non-hydrogen) atoms. The highest BCUT2D eigenvalue weighted by atomic mass is 35.5. The third-order valence-corrected chi connectivity index (χ3v) is 5.26. The average Bonchev–Trinajstić information content (AvgIpc) is 3.15. The van der Waals surface area contributed by atoms with Gasteiger partial charge in [0.1, 0.15) is 11.8 Å². The van der Waals surface area contributed by atoms with E-state index in [1.807, 2.05) is 30.3 Å². The van der Waals surface area contributed by atoms with E-state index in [9.17, 15) is 4.79 Å². The van der Waals surface area contributed by atoms with Crippen LogP contribution in [-0.4, -0.2) is 29.4 Å². The van der Waals surface area contributed by atoms with E-state index in [1.165, 1.54) is 9.20 Å². The van der Waals surface area contributed by atoms with Crippen LogP contribution in [0.5, 0.6) is 0 Å². The second-order valence-corrected chi connectivity index (χ2v) is 7.45. The minimum absolute atomic E-state index is 0.201. The summed E-state index contributed by atoms with van der Waals surface area (Å²) in [5, 5.41) is 18.5. The molecule has 4 aromatic heterocycles. The van der Waals surface area contributed by atoms with Gasteiger partial charge in [-0.3, -0.25) is 4.98 Å². The van der Waals surface area contributed by atoms with Gasteiger partial charge in [0.25, 0.3) is 0 Å². The van der Waals surface area contributed by atoms with Crippen LogP contribution >= 0.6 is 11.6 Å². The number of nitriles is 1. The highest BCUT2D eigenvalue weighted by Crippen LogP contribution is 2.34. The Labute approximate surface area is 187 Å². The van der Waals surface area contributed by atoms with Gasteiger partial charge in [-0.1, -0.05) is 29.8 Å². The lowest BCUT2D eigenvalue weighted by Crippen LogP contribution is -2.23. The van der Waals surface area contributed by atoms with Crippen LogP contribution in [0.1, 0.15) is 11.3 Å². The molecule has 4 heterocycles. The zero-order chi connectivity index (χ0) is 22.1. The Morgan fingerprint density at radius 3 is 2.44 bits per heavy atom. The van der Waals surface area contributed by atoms with Crippen molar-refractivity contribution in [2.45, 2.75) is 6.54 Å². The van der Waals surface area contributed by atoms with Gasteiger partial charge in [0.05, 0.1) is 12.7 Å². The van der Waals surface area contributed by atoms with E-state index >= 15 is 0 Å². The van der Waals surface area contributed by atoms with Crippen molar-refractivity contribution >= 4 is 17.2 Å². The number of halogens is 1. The number of hydrogen-bond acceptors (Lipinski definition) is 6. The molecule has 0 saturated heterocycles. The van der Waals surface area contributed by atoms with E-state index in [-0.39, 0.29) is 12.2 Å². The van der Waals surface area contributed by atoms with Crippen molar-refractivity contribution in [2.24, 2.45) is 0 Å². The fraction of sp³-hybridized carbons (Fsp3) is 0.0435. The molecule has 0 N–H and O–H groups in total. The maximum atomic E-state index is 13.0. The normalized spacial score (nSPS) is 10.9. The molecule has 9 heteroatoms. The first-order chi connectivity index (χ1) is 15.6. The Morgan fingerprint density at radius 2 is 1.75 bits per heavy atom. The van der Waals surface area contributed by atoms with Crippen LogP contribution in [0.3, 0.4) is 0 Å². The quantitative estimate of drug-likeness (QED) is 0.424. The standard InChI is InChI=1S/C23H14ClN7O/c24-18-4-2-16(3-5-18)20-13-28-31-22(21(20)17-7-9-26-10-8-17)29-30(23(31)32)14-15-1-6-19(11-25)27-12-15/h1-10,12-13H,14H2. The summed E-state index contributed by atoms with van der Waals surface area (Å²) in [7, 11) is 0. The molecule has 0 saturated carbocycles. The van der Waals surface area contributed by atoms with E-state index in [1.54, 1.807) is 49.1 Å². The van der Waals surface area contributed by atoms with E-state index in [2.05, 4.69) is 20.2 Å². The van der Waals surface area contributed by atoms with Crippen LogP contribution in [0.2, 0.25) is 5.02 Å². The van der Waals surface area contributed by atoms with Gasteiger partial charge >= 0.3 is 5.69 Å². The molecule has 0 spiro atoms. The van der Waals surface area contributed by atoms with Crippen molar-refractivity contribution in [1.29, 1.82) is 5.26 Å². The summed E-state index contributed by atoms with van der Waals surface area (Å²) in [5.74, 6) is 0. The summed E-state index contributed by atoms with van der Waals surface area (Å²) in [6.07, 6.45) is 6.60. The van der Waals surface area contributed by atoms with E-state index in [0.717, 1.165) is 27.8 Å². The van der Waals surface area contributed by atoms with Crippen LogP contribution in [0.4, 0.5) is 0 Å². The average molecular weight is 440 g/mol. The van der Waals surface area contributed by atoms with Gasteiger partial charge in [0, 0.05) is 34.7 Å². The van der Waals surface area contributed by atoms with Gasteiger partial charge in [-0.15, -0.1) is 5.10 Å². The van der Waals surface area contributed by atoms with Crippen LogP contribution in [0.25, 0.3) is 27.9 Å². The molecule has 1 aromatic carbocycles. The maximum Gasteiger partial charge on any atom is 0.367 e. The molecule has 0 atom stereocenters. The maximum absolute atomic E-state index is 13.0. The highest BCUT2D eigenvalue weighted by Gasteiger charge is 2.19. The third kappa shape index (κ3) is 3.51. The van der Waals surface area contributed by atoms with Crippen LogP contribution in [0.15, 0.2) is 78.1 Å². The fourth-order valence-electron chi connectivity index (χ4n) is 3.47. The molecular formula is C23H14ClN7O. The molecule has 0 unspecified atom stereocenters. The van der Waals surface area contributed by atoms with E-state index in [0.29, 0.717) is 16.4 Å². The predicted octanol–water partition coefficient (Wildman–Crippen LogP) is 3.59.